The summed E-state index contributed by atoms with van der Waals surface area (Å²) in [6.07, 6.45) is 1.00. The standard InChI is InChI=1S/C14H19N3O2S/c1-10(8-12-4-3-7-20-12)17(2)9-11-5-6-13(19-11)14(18)16-15/h3-7,10H,8-9,15H2,1-2H3,(H,16,18). The van der Waals surface area contributed by atoms with Crippen molar-refractivity contribution in [2.24, 2.45) is 5.84 Å². The molecule has 0 bridgehead atoms. The average molecular weight is 293 g/mol. The van der Waals surface area contributed by atoms with Gasteiger partial charge in [-0.1, -0.05) is 6.07 Å². The number of thiophene rings is 1. The molecule has 2 aromatic heterocycles. The maximum atomic E-state index is 11.3. The summed E-state index contributed by atoms with van der Waals surface area (Å²) < 4.78 is 5.46. The number of furan rings is 1. The summed E-state index contributed by atoms with van der Waals surface area (Å²) in [6, 6.07) is 8.04. The van der Waals surface area contributed by atoms with Crippen LogP contribution >= 0.6 is 11.3 Å². The Hall–Kier alpha value is -1.63. The van der Waals surface area contributed by atoms with Crippen LogP contribution in [0.2, 0.25) is 0 Å². The number of nitrogens with one attached hydrogen (secondary N) is 1. The molecule has 2 rings (SSSR count). The minimum atomic E-state index is -0.412. The van der Waals surface area contributed by atoms with Gasteiger partial charge in [0.15, 0.2) is 5.76 Å². The van der Waals surface area contributed by atoms with Crippen molar-refractivity contribution in [3.05, 3.63) is 46.0 Å². The van der Waals surface area contributed by atoms with E-state index in [9.17, 15) is 4.79 Å². The lowest BCUT2D eigenvalue weighted by Crippen LogP contribution is -2.30. The van der Waals surface area contributed by atoms with E-state index in [1.54, 1.807) is 23.5 Å². The number of likely N-dealkylation sites (N-methyl/N-ethyl adjacent to an activating group) is 1. The largest absolute Gasteiger partial charge is 0.455 e. The Morgan fingerprint density at radius 3 is 2.95 bits per heavy atom. The van der Waals surface area contributed by atoms with Gasteiger partial charge in [-0.3, -0.25) is 15.1 Å². The van der Waals surface area contributed by atoms with E-state index in [0.717, 1.165) is 12.2 Å². The van der Waals surface area contributed by atoms with Crippen molar-refractivity contribution in [3.8, 4) is 0 Å². The van der Waals surface area contributed by atoms with Gasteiger partial charge < -0.3 is 4.42 Å². The van der Waals surface area contributed by atoms with Crippen LogP contribution in [0.5, 0.6) is 0 Å². The van der Waals surface area contributed by atoms with Crippen LogP contribution in [0.15, 0.2) is 34.1 Å². The number of amides is 1. The summed E-state index contributed by atoms with van der Waals surface area (Å²) in [6.45, 7) is 2.83. The summed E-state index contributed by atoms with van der Waals surface area (Å²) in [7, 11) is 2.05. The monoisotopic (exact) mass is 293 g/mol. The lowest BCUT2D eigenvalue weighted by molar-refractivity contribution is 0.0922. The van der Waals surface area contributed by atoms with Crippen molar-refractivity contribution < 1.29 is 9.21 Å². The van der Waals surface area contributed by atoms with Crippen LogP contribution in [0.25, 0.3) is 0 Å². The Bertz CT molecular complexity index is 551. The summed E-state index contributed by atoms with van der Waals surface area (Å²) in [5.74, 6) is 5.65. The first-order valence-corrected chi connectivity index (χ1v) is 7.30. The maximum Gasteiger partial charge on any atom is 0.300 e. The van der Waals surface area contributed by atoms with E-state index in [4.69, 9.17) is 10.3 Å². The molecule has 0 aromatic carbocycles. The zero-order chi connectivity index (χ0) is 14.5. The van der Waals surface area contributed by atoms with Crippen LogP contribution in [-0.4, -0.2) is 23.9 Å². The molecular formula is C14H19N3O2S. The Kier molecular flexibility index (Phi) is 4.94. The van der Waals surface area contributed by atoms with E-state index in [1.165, 1.54) is 4.88 Å². The molecule has 6 heteroatoms. The number of nitrogens with zero attached hydrogens (tertiary/aromatic N) is 1. The molecule has 2 aromatic rings. The topological polar surface area (TPSA) is 71.5 Å². The summed E-state index contributed by atoms with van der Waals surface area (Å²) in [4.78, 5) is 14.9. The quantitative estimate of drug-likeness (QED) is 0.485. The molecule has 1 atom stereocenters. The van der Waals surface area contributed by atoms with Gasteiger partial charge in [-0.25, -0.2) is 5.84 Å². The van der Waals surface area contributed by atoms with Crippen LogP contribution < -0.4 is 11.3 Å². The van der Waals surface area contributed by atoms with Crippen molar-refractivity contribution in [3.63, 3.8) is 0 Å². The molecule has 0 aliphatic carbocycles. The van der Waals surface area contributed by atoms with E-state index in [-0.39, 0.29) is 5.76 Å². The van der Waals surface area contributed by atoms with Gasteiger partial charge in [-0.15, -0.1) is 11.3 Å². The van der Waals surface area contributed by atoms with E-state index in [2.05, 4.69) is 34.8 Å². The summed E-state index contributed by atoms with van der Waals surface area (Å²) >= 11 is 1.77. The summed E-state index contributed by atoms with van der Waals surface area (Å²) in [5.41, 5.74) is 2.06. The molecule has 0 aliphatic rings. The minimum absolute atomic E-state index is 0.238. The second kappa shape index (κ2) is 6.69. The molecule has 0 spiro atoms. The number of nitrogen functional groups attached to an aromatic ring is 1. The van der Waals surface area contributed by atoms with Gasteiger partial charge in [0, 0.05) is 10.9 Å². The normalized spacial score (nSPS) is 12.6. The van der Waals surface area contributed by atoms with Gasteiger partial charge in [-0.05, 0) is 44.0 Å². The van der Waals surface area contributed by atoms with Crippen LogP contribution in [0.4, 0.5) is 0 Å². The highest BCUT2D eigenvalue weighted by molar-refractivity contribution is 7.09. The molecule has 5 nitrogen and oxygen atoms in total. The highest BCUT2D eigenvalue weighted by atomic mass is 32.1. The molecule has 3 N–H and O–H groups in total. The van der Waals surface area contributed by atoms with Crippen LogP contribution in [0, 0.1) is 0 Å². The third-order valence-corrected chi connectivity index (χ3v) is 4.15. The molecule has 20 heavy (non-hydrogen) atoms. The Morgan fingerprint density at radius 2 is 2.30 bits per heavy atom. The second-order valence-corrected chi connectivity index (χ2v) is 5.82. The van der Waals surface area contributed by atoms with Crippen molar-refractivity contribution in [2.75, 3.05) is 7.05 Å². The highest BCUT2D eigenvalue weighted by Gasteiger charge is 2.14. The lowest BCUT2D eigenvalue weighted by Gasteiger charge is -2.23. The predicted octanol–water partition coefficient (Wildman–Crippen LogP) is 2.01. The van der Waals surface area contributed by atoms with E-state index in [0.29, 0.717) is 12.6 Å². The van der Waals surface area contributed by atoms with E-state index < -0.39 is 5.91 Å². The molecule has 1 unspecified atom stereocenters. The molecule has 0 radical (unpaired) electrons. The molecule has 0 saturated heterocycles. The Labute approximate surface area is 122 Å². The van der Waals surface area contributed by atoms with Crippen molar-refractivity contribution >= 4 is 17.2 Å². The number of rotatable bonds is 6. The summed E-state index contributed by atoms with van der Waals surface area (Å²) in [5, 5.41) is 2.09. The van der Waals surface area contributed by atoms with Crippen LogP contribution in [0.3, 0.4) is 0 Å². The zero-order valence-electron chi connectivity index (χ0n) is 11.6. The van der Waals surface area contributed by atoms with Gasteiger partial charge in [0.2, 0.25) is 0 Å². The van der Waals surface area contributed by atoms with Gasteiger partial charge in [0.25, 0.3) is 0 Å². The van der Waals surface area contributed by atoms with Crippen molar-refractivity contribution in [2.45, 2.75) is 25.9 Å². The molecule has 2 heterocycles. The first-order valence-electron chi connectivity index (χ1n) is 6.42. The SMILES string of the molecule is CC(Cc1cccs1)N(C)Cc1ccc(C(=O)NN)o1. The van der Waals surface area contributed by atoms with E-state index in [1.807, 2.05) is 7.05 Å². The maximum absolute atomic E-state index is 11.3. The average Bonchev–Trinajstić information content (AvgIpc) is 3.09. The number of nitrogens with two attached hydrogens (primary N) is 1. The highest BCUT2D eigenvalue weighted by Crippen LogP contribution is 2.16. The number of hydrazine groups is 1. The Morgan fingerprint density at radius 1 is 1.50 bits per heavy atom. The first kappa shape index (κ1) is 14.8. The lowest BCUT2D eigenvalue weighted by atomic mass is 10.2. The number of carbonyl (C=O) groups is 1. The third-order valence-electron chi connectivity index (χ3n) is 3.25. The molecule has 1 amide bonds. The first-order chi connectivity index (χ1) is 9.60. The number of hydrogen-bond acceptors (Lipinski definition) is 5. The van der Waals surface area contributed by atoms with E-state index >= 15 is 0 Å². The van der Waals surface area contributed by atoms with Gasteiger partial charge in [0.1, 0.15) is 5.76 Å². The predicted molar refractivity (Wildman–Crippen MR) is 79.3 cm³/mol. The fraction of sp³-hybridized carbons (Fsp3) is 0.357. The molecule has 0 saturated carbocycles. The smallest absolute Gasteiger partial charge is 0.300 e. The van der Waals surface area contributed by atoms with Gasteiger partial charge >= 0.3 is 5.91 Å². The van der Waals surface area contributed by atoms with Crippen molar-refractivity contribution in [1.29, 1.82) is 0 Å². The molecule has 0 aliphatic heterocycles. The molecule has 108 valence electrons. The third kappa shape index (κ3) is 3.69. The number of carbonyl (C=O) groups excluding carboxylic acids is 1. The van der Waals surface area contributed by atoms with Crippen LogP contribution in [0.1, 0.15) is 28.1 Å². The van der Waals surface area contributed by atoms with Gasteiger partial charge in [0.05, 0.1) is 6.54 Å². The number of hydrogen-bond donors (Lipinski definition) is 2. The zero-order valence-corrected chi connectivity index (χ0v) is 12.4. The minimum Gasteiger partial charge on any atom is -0.455 e. The fourth-order valence-electron chi connectivity index (χ4n) is 1.93. The fourth-order valence-corrected chi connectivity index (χ4v) is 2.76. The Balaban J connectivity index is 1.91. The molecular weight excluding hydrogens is 274 g/mol. The van der Waals surface area contributed by atoms with Gasteiger partial charge in [-0.2, -0.15) is 0 Å². The van der Waals surface area contributed by atoms with Crippen LogP contribution in [-0.2, 0) is 13.0 Å². The van der Waals surface area contributed by atoms with Crippen molar-refractivity contribution in [1.82, 2.24) is 10.3 Å². The molecule has 0 fully saturated rings. The second-order valence-electron chi connectivity index (χ2n) is 4.79.